The van der Waals surface area contributed by atoms with E-state index in [0.717, 1.165) is 5.56 Å². The Balaban J connectivity index is 2.07. The van der Waals surface area contributed by atoms with Crippen LogP contribution in [0.4, 0.5) is 5.82 Å². The molecule has 0 saturated carbocycles. The molecule has 0 amide bonds. The minimum Gasteiger partial charge on any atom is -0.373 e. The van der Waals surface area contributed by atoms with Crippen molar-refractivity contribution >= 4 is 16.9 Å². The maximum absolute atomic E-state index is 12.3. The van der Waals surface area contributed by atoms with Gasteiger partial charge in [-0.3, -0.25) is 4.79 Å². The van der Waals surface area contributed by atoms with Crippen molar-refractivity contribution < 1.29 is 0 Å². The third kappa shape index (κ3) is 1.91. The molecule has 0 aliphatic carbocycles. The Bertz CT molecular complexity index is 820. The van der Waals surface area contributed by atoms with E-state index in [4.69, 9.17) is 0 Å². The van der Waals surface area contributed by atoms with Crippen molar-refractivity contribution in [1.82, 2.24) is 29.8 Å². The Kier molecular flexibility index (Phi) is 2.90. The molecule has 3 aromatic heterocycles. The molecule has 0 aliphatic heterocycles. The standard InChI is InChI=1S/C12H13N7O/c1-13-10-8(4-3-5-14-10)7-19-12(20)9-6-15-18(2)11(9)16-17-19/h3-6H,7H2,1-2H3,(H,13,14). The quantitative estimate of drug-likeness (QED) is 0.721. The molecule has 0 spiro atoms. The molecular formula is C12H13N7O. The Hall–Kier alpha value is -2.77. The van der Waals surface area contributed by atoms with Gasteiger partial charge in [0, 0.05) is 25.9 Å². The van der Waals surface area contributed by atoms with Crippen molar-refractivity contribution in [3.05, 3.63) is 40.4 Å². The summed E-state index contributed by atoms with van der Waals surface area (Å²) in [4.78, 5) is 16.5. The number of fused-ring (bicyclic) bond motifs is 1. The highest BCUT2D eigenvalue weighted by atomic mass is 16.1. The van der Waals surface area contributed by atoms with E-state index in [1.807, 2.05) is 12.1 Å². The van der Waals surface area contributed by atoms with Crippen LogP contribution in [0.25, 0.3) is 11.0 Å². The average Bonchev–Trinajstić information content (AvgIpc) is 2.85. The van der Waals surface area contributed by atoms with Gasteiger partial charge in [-0.15, -0.1) is 5.10 Å². The van der Waals surface area contributed by atoms with Gasteiger partial charge in [0.15, 0.2) is 5.65 Å². The Morgan fingerprint density at radius 1 is 1.40 bits per heavy atom. The van der Waals surface area contributed by atoms with E-state index in [1.54, 1.807) is 20.3 Å². The third-order valence-electron chi connectivity index (χ3n) is 3.07. The van der Waals surface area contributed by atoms with Crippen molar-refractivity contribution in [3.63, 3.8) is 0 Å². The van der Waals surface area contributed by atoms with Crippen LogP contribution < -0.4 is 10.9 Å². The van der Waals surface area contributed by atoms with Crippen molar-refractivity contribution in [3.8, 4) is 0 Å². The summed E-state index contributed by atoms with van der Waals surface area (Å²) in [6.45, 7) is 0.306. The lowest BCUT2D eigenvalue weighted by atomic mass is 10.2. The van der Waals surface area contributed by atoms with Gasteiger partial charge in [-0.2, -0.15) is 5.10 Å². The zero-order valence-corrected chi connectivity index (χ0v) is 11.1. The van der Waals surface area contributed by atoms with Crippen LogP contribution in [0.1, 0.15) is 5.56 Å². The summed E-state index contributed by atoms with van der Waals surface area (Å²) in [6, 6.07) is 3.71. The number of aromatic nitrogens is 6. The van der Waals surface area contributed by atoms with Crippen LogP contribution in [0.2, 0.25) is 0 Å². The van der Waals surface area contributed by atoms with Gasteiger partial charge in [-0.1, -0.05) is 11.3 Å². The number of nitrogens with zero attached hydrogens (tertiary/aromatic N) is 6. The van der Waals surface area contributed by atoms with E-state index in [2.05, 4.69) is 25.7 Å². The molecule has 0 bridgehead atoms. The summed E-state index contributed by atoms with van der Waals surface area (Å²) >= 11 is 0. The van der Waals surface area contributed by atoms with Gasteiger partial charge in [0.1, 0.15) is 11.2 Å². The molecule has 0 saturated heterocycles. The Morgan fingerprint density at radius 3 is 3.05 bits per heavy atom. The second-order valence-corrected chi connectivity index (χ2v) is 4.32. The largest absolute Gasteiger partial charge is 0.373 e. The number of hydrogen-bond donors (Lipinski definition) is 1. The van der Waals surface area contributed by atoms with Crippen LogP contribution in [0.3, 0.4) is 0 Å². The van der Waals surface area contributed by atoms with Crippen molar-refractivity contribution in [2.75, 3.05) is 12.4 Å². The fraction of sp³-hybridized carbons (Fsp3) is 0.250. The number of anilines is 1. The highest BCUT2D eigenvalue weighted by Crippen LogP contribution is 2.11. The molecule has 20 heavy (non-hydrogen) atoms. The predicted octanol–water partition coefficient (Wildman–Crippen LogP) is 0.01000. The highest BCUT2D eigenvalue weighted by molar-refractivity contribution is 5.72. The number of hydrogen-bond acceptors (Lipinski definition) is 6. The molecule has 3 rings (SSSR count). The molecular weight excluding hydrogens is 258 g/mol. The molecule has 8 nitrogen and oxygen atoms in total. The maximum atomic E-state index is 12.3. The van der Waals surface area contributed by atoms with Crippen LogP contribution in [0.15, 0.2) is 29.3 Å². The molecule has 0 atom stereocenters. The molecule has 1 N–H and O–H groups in total. The minimum atomic E-state index is -0.214. The van der Waals surface area contributed by atoms with Crippen LogP contribution in [-0.2, 0) is 13.6 Å². The Morgan fingerprint density at radius 2 is 2.25 bits per heavy atom. The van der Waals surface area contributed by atoms with Crippen molar-refractivity contribution in [1.29, 1.82) is 0 Å². The number of aryl methyl sites for hydroxylation is 1. The Labute approximate surface area is 114 Å². The minimum absolute atomic E-state index is 0.214. The van der Waals surface area contributed by atoms with E-state index in [1.165, 1.54) is 15.6 Å². The normalized spacial score (nSPS) is 10.9. The monoisotopic (exact) mass is 271 g/mol. The van der Waals surface area contributed by atoms with E-state index < -0.39 is 0 Å². The van der Waals surface area contributed by atoms with Crippen LogP contribution in [-0.4, -0.2) is 36.8 Å². The van der Waals surface area contributed by atoms with Gasteiger partial charge in [0.25, 0.3) is 5.56 Å². The molecule has 0 aliphatic rings. The average molecular weight is 271 g/mol. The number of rotatable bonds is 3. The second kappa shape index (κ2) is 4.72. The van der Waals surface area contributed by atoms with E-state index in [-0.39, 0.29) is 5.56 Å². The maximum Gasteiger partial charge on any atom is 0.281 e. The van der Waals surface area contributed by atoms with Crippen LogP contribution in [0.5, 0.6) is 0 Å². The van der Waals surface area contributed by atoms with E-state index in [0.29, 0.717) is 23.4 Å². The second-order valence-electron chi connectivity index (χ2n) is 4.32. The molecule has 102 valence electrons. The van der Waals surface area contributed by atoms with Gasteiger partial charge in [-0.25, -0.2) is 14.3 Å². The summed E-state index contributed by atoms with van der Waals surface area (Å²) in [5.41, 5.74) is 1.13. The predicted molar refractivity (Wildman–Crippen MR) is 73.4 cm³/mol. The van der Waals surface area contributed by atoms with Crippen molar-refractivity contribution in [2.24, 2.45) is 7.05 Å². The zero-order valence-electron chi connectivity index (χ0n) is 11.1. The first-order valence-electron chi connectivity index (χ1n) is 6.08. The van der Waals surface area contributed by atoms with Gasteiger partial charge >= 0.3 is 0 Å². The summed E-state index contributed by atoms with van der Waals surface area (Å²) in [6.07, 6.45) is 3.19. The lowest BCUT2D eigenvalue weighted by Crippen LogP contribution is -2.25. The van der Waals surface area contributed by atoms with Gasteiger partial charge in [0.2, 0.25) is 0 Å². The summed E-state index contributed by atoms with van der Waals surface area (Å²) in [5.74, 6) is 0.715. The molecule has 0 unspecified atom stereocenters. The first kappa shape index (κ1) is 12.3. The first-order valence-corrected chi connectivity index (χ1v) is 6.08. The topological polar surface area (TPSA) is 90.5 Å². The van der Waals surface area contributed by atoms with Gasteiger partial charge < -0.3 is 5.32 Å². The highest BCUT2D eigenvalue weighted by Gasteiger charge is 2.11. The lowest BCUT2D eigenvalue weighted by Gasteiger charge is -2.08. The first-order chi connectivity index (χ1) is 9.70. The summed E-state index contributed by atoms with van der Waals surface area (Å²) in [7, 11) is 3.51. The molecule has 8 heteroatoms. The number of pyridine rings is 1. The van der Waals surface area contributed by atoms with Gasteiger partial charge in [-0.05, 0) is 6.07 Å². The molecule has 0 aromatic carbocycles. The number of nitrogens with one attached hydrogen (secondary N) is 1. The fourth-order valence-corrected chi connectivity index (χ4v) is 2.03. The smallest absolute Gasteiger partial charge is 0.281 e. The lowest BCUT2D eigenvalue weighted by molar-refractivity contribution is 0.595. The van der Waals surface area contributed by atoms with Gasteiger partial charge in [0.05, 0.1) is 12.7 Å². The third-order valence-corrected chi connectivity index (χ3v) is 3.07. The summed E-state index contributed by atoms with van der Waals surface area (Å²) < 4.78 is 2.83. The fourth-order valence-electron chi connectivity index (χ4n) is 2.03. The summed E-state index contributed by atoms with van der Waals surface area (Å²) in [5, 5.41) is 15.4. The van der Waals surface area contributed by atoms with E-state index >= 15 is 0 Å². The molecule has 3 heterocycles. The SMILES string of the molecule is CNc1ncccc1Cn1nnc2c(cnn2C)c1=O. The molecule has 0 fully saturated rings. The molecule has 3 aromatic rings. The van der Waals surface area contributed by atoms with Crippen LogP contribution >= 0.6 is 0 Å². The molecule has 0 radical (unpaired) electrons. The van der Waals surface area contributed by atoms with E-state index in [9.17, 15) is 4.79 Å². The van der Waals surface area contributed by atoms with Crippen LogP contribution in [0, 0.1) is 0 Å². The van der Waals surface area contributed by atoms with Crippen molar-refractivity contribution in [2.45, 2.75) is 6.54 Å². The zero-order chi connectivity index (χ0) is 14.1.